The lowest BCUT2D eigenvalue weighted by atomic mass is 10.0. The number of carboxylic acid groups (broad SMARTS) is 1. The second kappa shape index (κ2) is 23.9. The summed E-state index contributed by atoms with van der Waals surface area (Å²) in [6.45, 7) is 0.381. The molecule has 0 fully saturated rings. The van der Waals surface area contributed by atoms with E-state index in [2.05, 4.69) is 15.7 Å². The molecule has 70 heavy (non-hydrogen) atoms. The molecule has 14 nitrogen and oxygen atoms in total. The molecule has 0 unspecified atom stereocenters. The quantitative estimate of drug-likeness (QED) is 0.0218. The van der Waals surface area contributed by atoms with Gasteiger partial charge >= 0.3 is 11.9 Å². The van der Waals surface area contributed by atoms with E-state index in [0.29, 0.717) is 56.6 Å². The van der Waals surface area contributed by atoms with Gasteiger partial charge in [0.25, 0.3) is 5.91 Å². The summed E-state index contributed by atoms with van der Waals surface area (Å²) in [7, 11) is 0. The number of carbonyl (C=O) groups excluding carboxylic acids is 2. The minimum Gasteiger partial charge on any atom is -0.478 e. The first-order chi connectivity index (χ1) is 34.3. The lowest BCUT2D eigenvalue weighted by Gasteiger charge is -2.13. The molecule has 0 saturated carbocycles. The van der Waals surface area contributed by atoms with Crippen molar-refractivity contribution >= 4 is 29.2 Å². The van der Waals surface area contributed by atoms with Crippen LogP contribution in [0, 0.1) is 0 Å². The zero-order valence-corrected chi connectivity index (χ0v) is 37.5. The zero-order valence-electron chi connectivity index (χ0n) is 37.5. The molecule has 0 bridgehead atoms. The maximum absolute atomic E-state index is 13.3. The molecule has 1 amide bonds. The fourth-order valence-corrected chi connectivity index (χ4v) is 7.05. The molecule has 0 saturated heterocycles. The van der Waals surface area contributed by atoms with Crippen molar-refractivity contribution in [2.24, 2.45) is 0 Å². The average molecular weight is 939 g/mol. The van der Waals surface area contributed by atoms with E-state index in [9.17, 15) is 19.5 Å². The molecule has 0 aromatic heterocycles. The van der Waals surface area contributed by atoms with Crippen molar-refractivity contribution in [1.29, 1.82) is 0 Å². The highest BCUT2D eigenvalue weighted by atomic mass is 17.2. The number of ether oxygens (including phenoxy) is 3. The molecular formula is C56H46N2O12. The van der Waals surface area contributed by atoms with E-state index in [1.54, 1.807) is 72.8 Å². The van der Waals surface area contributed by atoms with Gasteiger partial charge in [0.15, 0.2) is 0 Å². The molecule has 14 heteroatoms. The number of nitrogens with one attached hydrogen (secondary N) is 2. The molecule has 0 aliphatic heterocycles. The van der Waals surface area contributed by atoms with Crippen LogP contribution in [-0.2, 0) is 57.3 Å². The van der Waals surface area contributed by atoms with Crippen LogP contribution in [0.5, 0.6) is 23.0 Å². The Morgan fingerprint density at radius 2 is 0.986 bits per heavy atom. The Morgan fingerprint density at radius 1 is 0.457 bits per heavy atom. The van der Waals surface area contributed by atoms with E-state index >= 15 is 0 Å². The molecule has 0 atom stereocenters. The van der Waals surface area contributed by atoms with E-state index in [-0.39, 0.29) is 44.2 Å². The standard InChI is InChI=1S/C56H46N2O12/c59-54(53-31-40(11-30-52(53)55(60)61)35-68-67-34-39-9-5-2-6-10-39)57-46-18-26-50(27-19-46)69-48-22-14-41(15-23-48)42-16-24-49(25-17-42)70-51-28-20-47(21-29-51)58-65-36-45-32-43(12-13-44(45)37-66-63)56(62)64-33-38-7-3-1-4-8-38/h1-32,58,63H,33-37H2,(H,57,59)(H,60,61). The summed E-state index contributed by atoms with van der Waals surface area (Å²) in [5, 5.41) is 21.6. The second-order valence-electron chi connectivity index (χ2n) is 15.7. The highest BCUT2D eigenvalue weighted by molar-refractivity contribution is 6.10. The molecule has 0 spiro atoms. The number of aromatic carboxylic acids is 1. The van der Waals surface area contributed by atoms with Crippen LogP contribution in [0.3, 0.4) is 0 Å². The number of carbonyl (C=O) groups is 3. The maximum Gasteiger partial charge on any atom is 0.338 e. The summed E-state index contributed by atoms with van der Waals surface area (Å²) in [6.07, 6.45) is 0. The smallest absolute Gasteiger partial charge is 0.338 e. The second-order valence-corrected chi connectivity index (χ2v) is 15.7. The summed E-state index contributed by atoms with van der Waals surface area (Å²) in [5.41, 5.74) is 9.78. The Balaban J connectivity index is 0.788. The lowest BCUT2D eigenvalue weighted by molar-refractivity contribution is -0.313. The van der Waals surface area contributed by atoms with E-state index in [4.69, 9.17) is 34.1 Å². The molecule has 8 rings (SSSR count). The summed E-state index contributed by atoms with van der Waals surface area (Å²) < 4.78 is 17.6. The molecule has 0 heterocycles. The molecular weight excluding hydrogens is 893 g/mol. The van der Waals surface area contributed by atoms with Crippen molar-refractivity contribution in [2.45, 2.75) is 33.0 Å². The summed E-state index contributed by atoms with van der Waals surface area (Å²) in [5.74, 6) is 0.0966. The van der Waals surface area contributed by atoms with Crippen LogP contribution in [0.2, 0.25) is 0 Å². The van der Waals surface area contributed by atoms with Crippen molar-refractivity contribution < 1.29 is 58.5 Å². The Bertz CT molecular complexity index is 2990. The number of amides is 1. The number of benzene rings is 8. The van der Waals surface area contributed by atoms with Gasteiger partial charge in [-0.2, -0.15) is 0 Å². The number of hydrogen-bond acceptors (Lipinski definition) is 12. The van der Waals surface area contributed by atoms with Crippen molar-refractivity contribution in [3.63, 3.8) is 0 Å². The van der Waals surface area contributed by atoms with Gasteiger partial charge in [0.2, 0.25) is 0 Å². The van der Waals surface area contributed by atoms with Crippen molar-refractivity contribution in [1.82, 2.24) is 0 Å². The van der Waals surface area contributed by atoms with E-state index in [1.807, 2.05) is 109 Å². The van der Waals surface area contributed by atoms with Gasteiger partial charge in [-0.15, -0.1) is 0 Å². The van der Waals surface area contributed by atoms with Gasteiger partial charge in [0, 0.05) is 5.69 Å². The van der Waals surface area contributed by atoms with Gasteiger partial charge in [-0.25, -0.2) is 24.3 Å². The van der Waals surface area contributed by atoms with Crippen molar-refractivity contribution in [3.8, 4) is 34.1 Å². The van der Waals surface area contributed by atoms with E-state index < -0.39 is 17.8 Å². The SMILES string of the molecule is O=C(OCc1ccccc1)c1ccc(COO)c(CONc2ccc(Oc3ccc(-c4ccc(Oc5ccc(NC(=O)c6cc(COOCc7ccccc7)ccc6C(=O)O)cc5)cc4)cc3)cc2)c1. The molecule has 0 radical (unpaired) electrons. The minimum absolute atomic E-state index is 0.0154. The molecule has 352 valence electrons. The largest absolute Gasteiger partial charge is 0.478 e. The third kappa shape index (κ3) is 13.5. The zero-order chi connectivity index (χ0) is 48.5. The van der Waals surface area contributed by atoms with Gasteiger partial charge < -0.3 is 24.6 Å². The topological polar surface area (TPSA) is 180 Å². The molecule has 0 aliphatic rings. The highest BCUT2D eigenvalue weighted by Gasteiger charge is 2.18. The van der Waals surface area contributed by atoms with Crippen molar-refractivity contribution in [3.05, 3.63) is 239 Å². The minimum atomic E-state index is -1.23. The van der Waals surface area contributed by atoms with Crippen LogP contribution in [0.4, 0.5) is 11.4 Å². The van der Waals surface area contributed by atoms with Crippen LogP contribution < -0.4 is 20.3 Å². The number of hydrogen-bond donors (Lipinski definition) is 4. The van der Waals surface area contributed by atoms with Crippen LogP contribution in [0.15, 0.2) is 194 Å². The predicted octanol–water partition coefficient (Wildman–Crippen LogP) is 12.4. The van der Waals surface area contributed by atoms with Gasteiger partial charge in [0.05, 0.1) is 22.4 Å². The first-order valence-electron chi connectivity index (χ1n) is 22.0. The maximum atomic E-state index is 13.3. The highest BCUT2D eigenvalue weighted by Crippen LogP contribution is 2.30. The average Bonchev–Trinajstić information content (AvgIpc) is 3.39. The van der Waals surface area contributed by atoms with Crippen LogP contribution >= 0.6 is 0 Å². The summed E-state index contributed by atoms with van der Waals surface area (Å²) in [4.78, 5) is 58.7. The Morgan fingerprint density at radius 3 is 1.54 bits per heavy atom. The van der Waals surface area contributed by atoms with Crippen LogP contribution in [0.25, 0.3) is 11.1 Å². The molecule has 4 N–H and O–H groups in total. The fraction of sp³-hybridized carbons (Fsp3) is 0.0893. The first-order valence-corrected chi connectivity index (χ1v) is 22.0. The van der Waals surface area contributed by atoms with Gasteiger partial charge in [-0.3, -0.25) is 20.4 Å². The third-order valence-corrected chi connectivity index (χ3v) is 10.7. The Kier molecular flexibility index (Phi) is 16.3. The normalized spacial score (nSPS) is 10.8. The predicted molar refractivity (Wildman–Crippen MR) is 260 cm³/mol. The van der Waals surface area contributed by atoms with E-state index in [1.165, 1.54) is 12.1 Å². The van der Waals surface area contributed by atoms with Gasteiger partial charge in [-0.1, -0.05) is 97.1 Å². The summed E-state index contributed by atoms with van der Waals surface area (Å²) >= 11 is 0. The third-order valence-electron chi connectivity index (χ3n) is 10.7. The van der Waals surface area contributed by atoms with E-state index in [0.717, 1.165) is 22.3 Å². The molecule has 8 aromatic rings. The fourth-order valence-electron chi connectivity index (χ4n) is 7.05. The Hall–Kier alpha value is -8.63. The van der Waals surface area contributed by atoms with Crippen LogP contribution in [0.1, 0.15) is 58.9 Å². The van der Waals surface area contributed by atoms with Crippen LogP contribution in [-0.4, -0.2) is 28.2 Å². The Labute approximate surface area is 403 Å². The van der Waals surface area contributed by atoms with Gasteiger partial charge in [-0.05, 0) is 136 Å². The summed E-state index contributed by atoms with van der Waals surface area (Å²) in [6, 6.07) is 57.5. The monoisotopic (exact) mass is 938 g/mol. The lowest BCUT2D eigenvalue weighted by Crippen LogP contribution is -2.17. The molecule has 8 aromatic carbocycles. The number of anilines is 2. The number of carboxylic acids is 1. The number of rotatable bonds is 22. The number of esters is 1. The van der Waals surface area contributed by atoms with Crippen molar-refractivity contribution in [2.75, 3.05) is 10.8 Å². The molecule has 0 aliphatic carbocycles. The van der Waals surface area contributed by atoms with Gasteiger partial charge in [0.1, 0.15) is 56.0 Å². The first kappa shape index (κ1) is 47.8.